The van der Waals surface area contributed by atoms with Gasteiger partial charge in [0.2, 0.25) is 0 Å². The van der Waals surface area contributed by atoms with E-state index in [1.54, 1.807) is 19.2 Å². The number of nitrogens with one attached hydrogen (secondary N) is 1. The van der Waals surface area contributed by atoms with E-state index in [0.29, 0.717) is 22.0 Å². The number of nitrogens with zero attached hydrogens (tertiary/aromatic N) is 1. The number of nitro benzene ring substituents is 1. The molecule has 0 spiro atoms. The normalized spacial score (nSPS) is 12.0. The van der Waals surface area contributed by atoms with Crippen molar-refractivity contribution in [1.29, 1.82) is 0 Å². The number of benzene rings is 4. The van der Waals surface area contributed by atoms with Gasteiger partial charge in [-0.1, -0.05) is 78.9 Å². The molecule has 33 heavy (non-hydrogen) atoms. The Morgan fingerprint density at radius 3 is 1.91 bits per heavy atom. The maximum absolute atomic E-state index is 15.1. The molecule has 7 heteroatoms. The smallest absolute Gasteiger partial charge is 0.271 e. The van der Waals surface area contributed by atoms with Gasteiger partial charge in [-0.25, -0.2) is 0 Å². The molecule has 6 nitrogen and oxygen atoms in total. The van der Waals surface area contributed by atoms with E-state index in [9.17, 15) is 10.1 Å². The van der Waals surface area contributed by atoms with E-state index >= 15 is 4.57 Å². The predicted octanol–water partition coefficient (Wildman–Crippen LogP) is 5.73. The number of anilines is 1. The van der Waals surface area contributed by atoms with Gasteiger partial charge in [-0.15, -0.1) is 0 Å². The Balaban J connectivity index is 1.91. The molecule has 166 valence electrons. The first kappa shape index (κ1) is 22.3. The zero-order valence-corrected chi connectivity index (χ0v) is 18.9. The van der Waals surface area contributed by atoms with Gasteiger partial charge in [-0.3, -0.25) is 10.1 Å². The Hall–Kier alpha value is -3.89. The van der Waals surface area contributed by atoms with Crippen molar-refractivity contribution in [2.45, 2.75) is 5.78 Å². The summed E-state index contributed by atoms with van der Waals surface area (Å²) in [4.78, 5) is 10.9. The van der Waals surface area contributed by atoms with Crippen molar-refractivity contribution in [1.82, 2.24) is 0 Å². The van der Waals surface area contributed by atoms with Gasteiger partial charge in [0, 0.05) is 28.4 Å². The van der Waals surface area contributed by atoms with Crippen molar-refractivity contribution in [3.05, 3.63) is 125 Å². The maximum atomic E-state index is 15.1. The quantitative estimate of drug-likeness (QED) is 0.207. The second-order valence-corrected chi connectivity index (χ2v) is 10.3. The second-order valence-electron chi connectivity index (χ2n) is 7.46. The Kier molecular flexibility index (Phi) is 6.57. The van der Waals surface area contributed by atoms with E-state index in [4.69, 9.17) is 4.74 Å². The molecule has 0 aliphatic heterocycles. The van der Waals surface area contributed by atoms with Crippen LogP contribution in [-0.4, -0.2) is 12.0 Å². The van der Waals surface area contributed by atoms with E-state index in [0.717, 1.165) is 5.56 Å². The molecule has 0 fully saturated rings. The van der Waals surface area contributed by atoms with Crippen LogP contribution in [-0.2, 0) is 4.57 Å². The summed E-state index contributed by atoms with van der Waals surface area (Å²) in [6, 6.07) is 32.3. The second kappa shape index (κ2) is 9.72. The molecular weight excluding hydrogens is 435 g/mol. The first-order chi connectivity index (χ1) is 16.0. The molecule has 0 saturated heterocycles. The van der Waals surface area contributed by atoms with Gasteiger partial charge in [0.15, 0.2) is 7.14 Å². The van der Waals surface area contributed by atoms with Crippen LogP contribution in [0.3, 0.4) is 0 Å². The molecule has 0 bridgehead atoms. The van der Waals surface area contributed by atoms with Crippen molar-refractivity contribution in [2.75, 3.05) is 12.4 Å². The molecule has 4 aromatic rings. The van der Waals surface area contributed by atoms with Crippen molar-refractivity contribution in [3.63, 3.8) is 0 Å². The van der Waals surface area contributed by atoms with Gasteiger partial charge < -0.3 is 14.6 Å². The minimum absolute atomic E-state index is 0.0391. The predicted molar refractivity (Wildman–Crippen MR) is 132 cm³/mol. The number of hydrogen-bond acceptors (Lipinski definition) is 5. The molecule has 4 rings (SSSR count). The molecular formula is C26H23N2O4P. The summed E-state index contributed by atoms with van der Waals surface area (Å²) in [6.07, 6.45) is 0. The van der Waals surface area contributed by atoms with Gasteiger partial charge >= 0.3 is 0 Å². The molecule has 0 amide bonds. The maximum Gasteiger partial charge on any atom is 0.271 e. The highest BCUT2D eigenvalue weighted by Crippen LogP contribution is 2.57. The average Bonchev–Trinajstić information content (AvgIpc) is 2.88. The average molecular weight is 458 g/mol. The topological polar surface area (TPSA) is 81.5 Å². The van der Waals surface area contributed by atoms with Crippen LogP contribution in [0.15, 0.2) is 109 Å². The summed E-state index contributed by atoms with van der Waals surface area (Å²) >= 11 is 0. The van der Waals surface area contributed by atoms with Crippen LogP contribution in [0, 0.1) is 10.1 Å². The third-order valence-electron chi connectivity index (χ3n) is 5.44. The molecule has 4 aromatic carbocycles. The van der Waals surface area contributed by atoms with E-state index in [-0.39, 0.29) is 5.69 Å². The number of ether oxygens (including phenoxy) is 1. The molecule has 0 aromatic heterocycles. The SMILES string of the molecule is COc1ccc(C(Nc2cccc([N+](=O)[O-])c2)P(=O)(c2ccccc2)c2ccccc2)cc1. The molecule has 0 heterocycles. The van der Waals surface area contributed by atoms with E-state index in [1.807, 2.05) is 84.9 Å². The van der Waals surface area contributed by atoms with Crippen LogP contribution in [0.2, 0.25) is 0 Å². The molecule has 0 saturated carbocycles. The van der Waals surface area contributed by atoms with E-state index in [1.165, 1.54) is 12.1 Å². The monoisotopic (exact) mass is 458 g/mol. The lowest BCUT2D eigenvalue weighted by atomic mass is 10.2. The Bertz CT molecular complexity index is 1240. The summed E-state index contributed by atoms with van der Waals surface area (Å²) in [5, 5.41) is 16.1. The van der Waals surface area contributed by atoms with Crippen molar-refractivity contribution >= 4 is 29.1 Å². The lowest BCUT2D eigenvalue weighted by molar-refractivity contribution is -0.384. The van der Waals surface area contributed by atoms with Crippen LogP contribution in [0.1, 0.15) is 11.3 Å². The number of hydrogen-bond donors (Lipinski definition) is 1. The lowest BCUT2D eigenvalue weighted by Crippen LogP contribution is -2.25. The number of nitro groups is 1. The van der Waals surface area contributed by atoms with Gasteiger partial charge in [0.05, 0.1) is 12.0 Å². The minimum Gasteiger partial charge on any atom is -0.497 e. The van der Waals surface area contributed by atoms with Gasteiger partial charge in [0.1, 0.15) is 11.5 Å². The molecule has 0 aliphatic carbocycles. The standard InChI is InChI=1S/C26H23N2O4P/c1-32-23-17-15-20(16-18-23)26(27-21-9-8-10-22(19-21)28(29)30)33(31,24-11-4-2-5-12-24)25-13-6-3-7-14-25/h2-19,26-27H,1H3. The third-order valence-corrected chi connectivity index (χ3v) is 8.72. The fourth-order valence-electron chi connectivity index (χ4n) is 3.78. The third kappa shape index (κ3) is 4.66. The number of non-ortho nitro benzene ring substituents is 1. The van der Waals surface area contributed by atoms with Crippen LogP contribution < -0.4 is 20.7 Å². The number of methoxy groups -OCH3 is 1. The van der Waals surface area contributed by atoms with E-state index in [2.05, 4.69) is 5.32 Å². The van der Waals surface area contributed by atoms with E-state index < -0.39 is 17.8 Å². The molecule has 0 aliphatic rings. The van der Waals surface area contributed by atoms with Crippen molar-refractivity contribution in [3.8, 4) is 5.75 Å². The highest BCUT2D eigenvalue weighted by molar-refractivity contribution is 7.79. The highest BCUT2D eigenvalue weighted by Gasteiger charge is 2.38. The van der Waals surface area contributed by atoms with Crippen molar-refractivity contribution < 1.29 is 14.2 Å². The molecule has 0 radical (unpaired) electrons. The summed E-state index contributed by atoms with van der Waals surface area (Å²) < 4.78 is 20.4. The fourth-order valence-corrected chi connectivity index (χ4v) is 6.83. The zero-order chi connectivity index (χ0) is 23.3. The molecule has 1 N–H and O–H groups in total. The van der Waals surface area contributed by atoms with Crippen LogP contribution in [0.5, 0.6) is 5.75 Å². The largest absolute Gasteiger partial charge is 0.497 e. The van der Waals surface area contributed by atoms with Gasteiger partial charge in [0.25, 0.3) is 5.69 Å². The zero-order valence-electron chi connectivity index (χ0n) is 18.0. The Morgan fingerprint density at radius 2 is 1.39 bits per heavy atom. The summed E-state index contributed by atoms with van der Waals surface area (Å²) in [7, 11) is -1.72. The Morgan fingerprint density at radius 1 is 0.818 bits per heavy atom. The lowest BCUT2D eigenvalue weighted by Gasteiger charge is -2.31. The molecule has 1 atom stereocenters. The minimum atomic E-state index is -3.31. The van der Waals surface area contributed by atoms with Gasteiger partial charge in [-0.2, -0.15) is 0 Å². The van der Waals surface area contributed by atoms with Crippen molar-refractivity contribution in [2.24, 2.45) is 0 Å². The highest BCUT2D eigenvalue weighted by atomic mass is 31.2. The Labute approximate surface area is 192 Å². The summed E-state index contributed by atoms with van der Waals surface area (Å²) in [5.41, 5.74) is 1.25. The first-order valence-corrected chi connectivity index (χ1v) is 12.2. The van der Waals surface area contributed by atoms with Gasteiger partial charge in [-0.05, 0) is 23.8 Å². The fraction of sp³-hybridized carbons (Fsp3) is 0.0769. The summed E-state index contributed by atoms with van der Waals surface area (Å²) in [5.74, 6) is 0.0114. The first-order valence-electron chi connectivity index (χ1n) is 10.4. The van der Waals surface area contributed by atoms with Crippen LogP contribution in [0.4, 0.5) is 11.4 Å². The van der Waals surface area contributed by atoms with Crippen LogP contribution in [0.25, 0.3) is 0 Å². The van der Waals surface area contributed by atoms with Crippen LogP contribution >= 0.6 is 7.14 Å². The molecule has 1 unspecified atom stereocenters. The number of rotatable bonds is 8. The summed E-state index contributed by atoms with van der Waals surface area (Å²) in [6.45, 7) is 0.